The molecule has 0 unspecified atom stereocenters. The van der Waals surface area contributed by atoms with Gasteiger partial charge in [-0.25, -0.2) is 8.42 Å². The highest BCUT2D eigenvalue weighted by atomic mass is 35.5. The van der Waals surface area contributed by atoms with Gasteiger partial charge >= 0.3 is 5.97 Å². The monoisotopic (exact) mass is 384 g/mol. The topological polar surface area (TPSA) is 107 Å². The predicted molar refractivity (Wildman–Crippen MR) is 91.1 cm³/mol. The average Bonchev–Trinajstić information content (AvgIpc) is 2.59. The molecule has 2 rings (SSSR count). The van der Waals surface area contributed by atoms with E-state index in [0.717, 1.165) is 19.2 Å². The number of esters is 1. The van der Waals surface area contributed by atoms with E-state index in [0.29, 0.717) is 4.31 Å². The molecule has 10 heteroatoms. The molecule has 0 N–H and O–H groups in total. The van der Waals surface area contributed by atoms with Gasteiger partial charge in [0.15, 0.2) is 4.90 Å². The van der Waals surface area contributed by atoms with E-state index < -0.39 is 38.0 Å². The highest BCUT2D eigenvalue weighted by Crippen LogP contribution is 2.30. The van der Waals surface area contributed by atoms with Gasteiger partial charge in [-0.1, -0.05) is 29.8 Å². The van der Waals surface area contributed by atoms with E-state index in [9.17, 15) is 23.3 Å². The SMILES string of the molecule is COC(=O)CN(c1cccc(Cl)c1)S(=O)(=O)c1ccccc1[N+](=O)[O-]. The van der Waals surface area contributed by atoms with Gasteiger partial charge in [-0.05, 0) is 24.3 Å². The first-order chi connectivity index (χ1) is 11.8. The van der Waals surface area contributed by atoms with Crippen LogP contribution in [0, 0.1) is 10.1 Å². The lowest BCUT2D eigenvalue weighted by molar-refractivity contribution is -0.387. The van der Waals surface area contributed by atoms with Gasteiger partial charge in [-0.2, -0.15) is 0 Å². The molecule has 0 saturated heterocycles. The second kappa shape index (κ2) is 7.49. The van der Waals surface area contributed by atoms with Crippen LogP contribution < -0.4 is 4.31 Å². The summed E-state index contributed by atoms with van der Waals surface area (Å²) in [6.45, 7) is -0.661. The number of carbonyl (C=O) groups excluding carboxylic acids is 1. The normalized spacial score (nSPS) is 11.0. The summed E-state index contributed by atoms with van der Waals surface area (Å²) in [5.41, 5.74) is -0.518. The lowest BCUT2D eigenvalue weighted by Gasteiger charge is -2.23. The van der Waals surface area contributed by atoms with Gasteiger partial charge in [-0.15, -0.1) is 0 Å². The van der Waals surface area contributed by atoms with Gasteiger partial charge in [-0.3, -0.25) is 19.2 Å². The van der Waals surface area contributed by atoms with Crippen molar-refractivity contribution in [3.63, 3.8) is 0 Å². The van der Waals surface area contributed by atoms with Crippen LogP contribution in [-0.4, -0.2) is 33.0 Å². The highest BCUT2D eigenvalue weighted by Gasteiger charge is 2.33. The Balaban J connectivity index is 2.64. The van der Waals surface area contributed by atoms with Crippen LogP contribution in [0.15, 0.2) is 53.4 Å². The summed E-state index contributed by atoms with van der Waals surface area (Å²) in [6, 6.07) is 10.6. The van der Waals surface area contributed by atoms with Crippen molar-refractivity contribution in [1.82, 2.24) is 0 Å². The summed E-state index contributed by atoms with van der Waals surface area (Å²) in [6.07, 6.45) is 0. The highest BCUT2D eigenvalue weighted by molar-refractivity contribution is 7.93. The van der Waals surface area contributed by atoms with Crippen LogP contribution in [0.25, 0.3) is 0 Å². The molecular weight excluding hydrogens is 372 g/mol. The summed E-state index contributed by atoms with van der Waals surface area (Å²) < 4.78 is 31.2. The number of methoxy groups -OCH3 is 1. The third-order valence-electron chi connectivity index (χ3n) is 3.23. The second-order valence-corrected chi connectivity index (χ2v) is 7.06. The maximum absolute atomic E-state index is 13.0. The van der Waals surface area contributed by atoms with E-state index in [-0.39, 0.29) is 10.7 Å². The number of nitrogens with zero attached hydrogens (tertiary/aromatic N) is 2. The molecule has 0 bridgehead atoms. The van der Waals surface area contributed by atoms with Crippen LogP contribution in [-0.2, 0) is 19.6 Å². The Morgan fingerprint density at radius 2 is 1.92 bits per heavy atom. The number of carbonyl (C=O) groups is 1. The molecule has 0 amide bonds. The number of benzene rings is 2. The van der Waals surface area contributed by atoms with Crippen molar-refractivity contribution >= 4 is 39.0 Å². The molecule has 8 nitrogen and oxygen atoms in total. The summed E-state index contributed by atoms with van der Waals surface area (Å²) in [5.74, 6) is -0.831. The van der Waals surface area contributed by atoms with Gasteiger partial charge < -0.3 is 4.74 Å². The molecule has 0 aliphatic rings. The van der Waals surface area contributed by atoms with Crippen LogP contribution in [0.5, 0.6) is 0 Å². The second-order valence-electron chi connectivity index (χ2n) is 4.79. The van der Waals surface area contributed by atoms with Crippen molar-refractivity contribution in [2.45, 2.75) is 4.90 Å². The van der Waals surface area contributed by atoms with Gasteiger partial charge in [0.25, 0.3) is 15.7 Å². The molecular formula is C15H13ClN2O6S. The Hall–Kier alpha value is -2.65. The number of rotatable bonds is 6. The Morgan fingerprint density at radius 1 is 1.24 bits per heavy atom. The van der Waals surface area contributed by atoms with E-state index in [1.807, 2.05) is 0 Å². The fraction of sp³-hybridized carbons (Fsp3) is 0.133. The standard InChI is InChI=1S/C15H13ClN2O6S/c1-24-15(19)10-17(12-6-4-5-11(16)9-12)25(22,23)14-8-3-2-7-13(14)18(20)21/h2-9H,10H2,1H3. The van der Waals surface area contributed by atoms with E-state index in [2.05, 4.69) is 4.74 Å². The van der Waals surface area contributed by atoms with Crippen molar-refractivity contribution in [3.8, 4) is 0 Å². The smallest absolute Gasteiger partial charge is 0.326 e. The average molecular weight is 385 g/mol. The fourth-order valence-electron chi connectivity index (χ4n) is 2.07. The number of nitro groups is 1. The summed E-state index contributed by atoms with van der Waals surface area (Å²) in [5, 5.41) is 11.4. The van der Waals surface area contributed by atoms with Gasteiger partial charge in [0.2, 0.25) is 0 Å². The lowest BCUT2D eigenvalue weighted by Crippen LogP contribution is -2.36. The number of ether oxygens (including phenoxy) is 1. The van der Waals surface area contributed by atoms with Crippen LogP contribution in [0.3, 0.4) is 0 Å². The van der Waals surface area contributed by atoms with Crippen LogP contribution >= 0.6 is 11.6 Å². The largest absolute Gasteiger partial charge is 0.468 e. The number of para-hydroxylation sites is 1. The number of sulfonamides is 1. The molecule has 2 aromatic carbocycles. The molecule has 0 radical (unpaired) electrons. The molecule has 132 valence electrons. The minimum absolute atomic E-state index is 0.0797. The summed E-state index contributed by atoms with van der Waals surface area (Å²) in [4.78, 5) is 21.5. The molecule has 0 atom stereocenters. The Bertz CT molecular complexity index is 916. The third kappa shape index (κ3) is 4.06. The number of nitro benzene ring substituents is 1. The molecule has 0 aliphatic heterocycles. The zero-order valence-electron chi connectivity index (χ0n) is 13.0. The minimum atomic E-state index is -4.42. The molecule has 0 heterocycles. The van der Waals surface area contributed by atoms with Crippen molar-refractivity contribution in [2.75, 3.05) is 18.0 Å². The molecule has 0 saturated carbocycles. The quantitative estimate of drug-likeness (QED) is 0.430. The third-order valence-corrected chi connectivity index (χ3v) is 5.28. The first kappa shape index (κ1) is 18.7. The molecule has 25 heavy (non-hydrogen) atoms. The van der Waals surface area contributed by atoms with E-state index in [1.54, 1.807) is 0 Å². The molecule has 2 aromatic rings. The Labute approximate surface area is 148 Å². The zero-order chi connectivity index (χ0) is 18.6. The summed E-state index contributed by atoms with van der Waals surface area (Å²) >= 11 is 5.89. The maximum Gasteiger partial charge on any atom is 0.326 e. The molecule has 0 spiro atoms. The van der Waals surface area contributed by atoms with E-state index in [4.69, 9.17) is 11.6 Å². The zero-order valence-corrected chi connectivity index (χ0v) is 14.5. The van der Waals surface area contributed by atoms with Gasteiger partial charge in [0.05, 0.1) is 17.7 Å². The van der Waals surface area contributed by atoms with Gasteiger partial charge in [0.1, 0.15) is 6.54 Å². The van der Waals surface area contributed by atoms with Crippen molar-refractivity contribution in [1.29, 1.82) is 0 Å². The molecule has 0 aromatic heterocycles. The van der Waals surface area contributed by atoms with Crippen molar-refractivity contribution in [3.05, 3.63) is 63.7 Å². The van der Waals surface area contributed by atoms with E-state index in [1.165, 1.54) is 36.4 Å². The predicted octanol–water partition coefficient (Wildman–Crippen LogP) is 2.62. The van der Waals surface area contributed by atoms with Crippen LogP contribution in [0.4, 0.5) is 11.4 Å². The first-order valence-corrected chi connectivity index (χ1v) is 8.67. The number of halogens is 1. The number of anilines is 1. The van der Waals surface area contributed by atoms with Crippen LogP contribution in [0.2, 0.25) is 5.02 Å². The number of hydrogen-bond acceptors (Lipinski definition) is 6. The van der Waals surface area contributed by atoms with Crippen molar-refractivity contribution < 1.29 is 22.9 Å². The Morgan fingerprint density at radius 3 is 2.52 bits per heavy atom. The minimum Gasteiger partial charge on any atom is -0.468 e. The maximum atomic E-state index is 13.0. The summed E-state index contributed by atoms with van der Waals surface area (Å²) in [7, 11) is -3.31. The number of hydrogen-bond donors (Lipinski definition) is 0. The molecule has 0 fully saturated rings. The first-order valence-electron chi connectivity index (χ1n) is 6.86. The van der Waals surface area contributed by atoms with Gasteiger partial charge in [0, 0.05) is 11.1 Å². The lowest BCUT2D eigenvalue weighted by atomic mass is 10.3. The van der Waals surface area contributed by atoms with E-state index >= 15 is 0 Å². The van der Waals surface area contributed by atoms with Crippen molar-refractivity contribution in [2.24, 2.45) is 0 Å². The Kier molecular flexibility index (Phi) is 5.60. The molecule has 0 aliphatic carbocycles. The van der Waals surface area contributed by atoms with Crippen LogP contribution in [0.1, 0.15) is 0 Å². The fourth-order valence-corrected chi connectivity index (χ4v) is 3.82.